The quantitative estimate of drug-likeness (QED) is 0.892. The zero-order chi connectivity index (χ0) is 12.3. The molecule has 4 heteroatoms. The summed E-state index contributed by atoms with van der Waals surface area (Å²) in [6.07, 6.45) is 2.87. The fourth-order valence-electron chi connectivity index (χ4n) is 2.09. The van der Waals surface area contributed by atoms with Crippen LogP contribution >= 0.6 is 23.1 Å². The Balaban J connectivity index is 1.92. The number of rotatable bonds is 5. The van der Waals surface area contributed by atoms with Gasteiger partial charge in [0.2, 0.25) is 0 Å². The number of aryl methyl sites for hydroxylation is 1. The molecule has 0 bridgehead atoms. The maximum absolute atomic E-state index is 6.11. The molecule has 1 aliphatic rings. The van der Waals surface area contributed by atoms with Crippen LogP contribution in [0, 0.1) is 6.92 Å². The summed E-state index contributed by atoms with van der Waals surface area (Å²) in [7, 11) is 0. The maximum Gasteiger partial charge on any atom is 0.0666 e. The minimum atomic E-state index is 0.194. The molecule has 2 N–H and O–H groups in total. The molecule has 0 amide bonds. The van der Waals surface area contributed by atoms with Gasteiger partial charge in [0.1, 0.15) is 0 Å². The van der Waals surface area contributed by atoms with Gasteiger partial charge in [-0.3, -0.25) is 0 Å². The van der Waals surface area contributed by atoms with Gasteiger partial charge in [-0.05, 0) is 38.8 Å². The topological polar surface area (TPSA) is 35.2 Å². The summed E-state index contributed by atoms with van der Waals surface area (Å²) in [5.41, 5.74) is 6.11. The number of hydrogen-bond acceptors (Lipinski definition) is 4. The lowest BCUT2D eigenvalue weighted by molar-refractivity contribution is 0.128. The zero-order valence-corrected chi connectivity index (χ0v) is 12.2. The van der Waals surface area contributed by atoms with Crippen LogP contribution in [0.5, 0.6) is 0 Å². The summed E-state index contributed by atoms with van der Waals surface area (Å²) in [5.74, 6) is 1.07. The minimum Gasteiger partial charge on any atom is -0.377 e. The SMILES string of the molecule is Cc1ccc(C(SCC2CCCO2)C(C)N)s1. The van der Waals surface area contributed by atoms with Gasteiger partial charge in [-0.1, -0.05) is 0 Å². The van der Waals surface area contributed by atoms with E-state index in [2.05, 4.69) is 26.0 Å². The Morgan fingerprint density at radius 3 is 2.94 bits per heavy atom. The second kappa shape index (κ2) is 6.23. The summed E-state index contributed by atoms with van der Waals surface area (Å²) >= 11 is 3.82. The van der Waals surface area contributed by atoms with Gasteiger partial charge in [-0.25, -0.2) is 0 Å². The Morgan fingerprint density at radius 1 is 1.59 bits per heavy atom. The number of hydrogen-bond donors (Lipinski definition) is 1. The highest BCUT2D eigenvalue weighted by atomic mass is 32.2. The summed E-state index contributed by atoms with van der Waals surface area (Å²) in [6, 6.07) is 4.60. The van der Waals surface area contributed by atoms with E-state index in [1.54, 1.807) is 0 Å². The lowest BCUT2D eigenvalue weighted by Crippen LogP contribution is -2.23. The highest BCUT2D eigenvalue weighted by Gasteiger charge is 2.22. The van der Waals surface area contributed by atoms with Crippen molar-refractivity contribution in [3.8, 4) is 0 Å². The number of thioether (sulfide) groups is 1. The molecular formula is C13H21NOS2. The number of thiophene rings is 1. The molecule has 0 radical (unpaired) electrons. The number of nitrogens with two attached hydrogens (primary N) is 1. The van der Waals surface area contributed by atoms with Crippen molar-refractivity contribution in [3.05, 3.63) is 21.9 Å². The van der Waals surface area contributed by atoms with Gasteiger partial charge in [-0.15, -0.1) is 23.1 Å². The molecule has 96 valence electrons. The monoisotopic (exact) mass is 271 g/mol. The average molecular weight is 271 g/mol. The third kappa shape index (κ3) is 3.71. The maximum atomic E-state index is 6.11. The fraction of sp³-hybridized carbons (Fsp3) is 0.692. The van der Waals surface area contributed by atoms with Gasteiger partial charge in [0.15, 0.2) is 0 Å². The van der Waals surface area contributed by atoms with Crippen molar-refractivity contribution >= 4 is 23.1 Å². The van der Waals surface area contributed by atoms with E-state index in [4.69, 9.17) is 10.5 Å². The molecule has 3 unspecified atom stereocenters. The molecule has 0 aromatic carbocycles. The van der Waals surface area contributed by atoms with Crippen molar-refractivity contribution < 1.29 is 4.74 Å². The van der Waals surface area contributed by atoms with Crippen LogP contribution in [0.3, 0.4) is 0 Å². The van der Waals surface area contributed by atoms with Crippen molar-refractivity contribution in [2.45, 2.75) is 44.1 Å². The lowest BCUT2D eigenvalue weighted by Gasteiger charge is -2.20. The first-order valence-corrected chi connectivity index (χ1v) is 8.08. The molecule has 1 aromatic rings. The second-order valence-electron chi connectivity index (χ2n) is 4.70. The van der Waals surface area contributed by atoms with Crippen LogP contribution in [0.2, 0.25) is 0 Å². The molecule has 1 aliphatic heterocycles. The van der Waals surface area contributed by atoms with Crippen molar-refractivity contribution in [1.82, 2.24) is 0 Å². The van der Waals surface area contributed by atoms with Gasteiger partial charge in [0.25, 0.3) is 0 Å². The molecule has 3 atom stereocenters. The smallest absolute Gasteiger partial charge is 0.0666 e. The van der Waals surface area contributed by atoms with Crippen molar-refractivity contribution in [2.75, 3.05) is 12.4 Å². The normalized spacial score (nSPS) is 23.8. The van der Waals surface area contributed by atoms with Crippen LogP contribution in [0.4, 0.5) is 0 Å². The summed E-state index contributed by atoms with van der Waals surface area (Å²) in [5, 5.41) is 0.415. The summed E-state index contributed by atoms with van der Waals surface area (Å²) in [4.78, 5) is 2.77. The van der Waals surface area contributed by atoms with Crippen molar-refractivity contribution in [3.63, 3.8) is 0 Å². The van der Waals surface area contributed by atoms with Crippen molar-refractivity contribution in [1.29, 1.82) is 0 Å². The molecular weight excluding hydrogens is 250 g/mol. The second-order valence-corrected chi connectivity index (χ2v) is 7.19. The minimum absolute atomic E-state index is 0.194. The molecule has 0 spiro atoms. The van der Waals surface area contributed by atoms with E-state index >= 15 is 0 Å². The molecule has 2 nitrogen and oxygen atoms in total. The van der Waals surface area contributed by atoms with Gasteiger partial charge in [0.05, 0.1) is 11.4 Å². The lowest BCUT2D eigenvalue weighted by atomic mass is 10.2. The summed E-state index contributed by atoms with van der Waals surface area (Å²) < 4.78 is 5.67. The standard InChI is InChI=1S/C13H21NOS2/c1-9-5-6-12(17-9)13(10(2)14)16-8-11-4-3-7-15-11/h5-6,10-11,13H,3-4,7-8,14H2,1-2H3. The molecule has 0 aliphatic carbocycles. The molecule has 17 heavy (non-hydrogen) atoms. The Labute approximate surface area is 112 Å². The highest BCUT2D eigenvalue weighted by Crippen LogP contribution is 2.37. The third-order valence-corrected chi connectivity index (χ3v) is 5.84. The van der Waals surface area contributed by atoms with Crippen LogP contribution in [0.15, 0.2) is 12.1 Å². The first-order chi connectivity index (χ1) is 8.16. The predicted molar refractivity (Wildman–Crippen MR) is 76.9 cm³/mol. The Kier molecular flexibility index (Phi) is 4.91. The van der Waals surface area contributed by atoms with Crippen molar-refractivity contribution in [2.24, 2.45) is 5.73 Å². The highest BCUT2D eigenvalue weighted by molar-refractivity contribution is 7.99. The Hall–Kier alpha value is -0.0300. The van der Waals surface area contributed by atoms with Crippen LogP contribution < -0.4 is 5.73 Å². The average Bonchev–Trinajstić information content (AvgIpc) is 2.90. The fourth-order valence-corrected chi connectivity index (χ4v) is 4.64. The third-order valence-electron chi connectivity index (χ3n) is 3.00. The van der Waals surface area contributed by atoms with E-state index in [-0.39, 0.29) is 6.04 Å². The van der Waals surface area contributed by atoms with E-state index in [0.29, 0.717) is 11.4 Å². The van der Waals surface area contributed by atoms with E-state index in [1.807, 2.05) is 23.1 Å². The van der Waals surface area contributed by atoms with E-state index in [1.165, 1.54) is 22.6 Å². The van der Waals surface area contributed by atoms with Crippen LogP contribution in [-0.4, -0.2) is 24.5 Å². The Morgan fingerprint density at radius 2 is 2.41 bits per heavy atom. The molecule has 1 saturated heterocycles. The van der Waals surface area contributed by atoms with E-state index < -0.39 is 0 Å². The largest absolute Gasteiger partial charge is 0.377 e. The van der Waals surface area contributed by atoms with Gasteiger partial charge >= 0.3 is 0 Å². The van der Waals surface area contributed by atoms with E-state index in [0.717, 1.165) is 12.4 Å². The molecule has 1 aromatic heterocycles. The van der Waals surface area contributed by atoms with Crippen LogP contribution in [-0.2, 0) is 4.74 Å². The first kappa shape index (κ1) is 13.4. The van der Waals surface area contributed by atoms with Crippen LogP contribution in [0.1, 0.15) is 34.8 Å². The number of ether oxygens (including phenoxy) is 1. The van der Waals surface area contributed by atoms with Gasteiger partial charge in [-0.2, -0.15) is 0 Å². The molecule has 1 fully saturated rings. The summed E-state index contributed by atoms with van der Waals surface area (Å²) in [6.45, 7) is 5.19. The first-order valence-electron chi connectivity index (χ1n) is 6.22. The molecule has 2 heterocycles. The Bertz CT molecular complexity index is 345. The van der Waals surface area contributed by atoms with E-state index in [9.17, 15) is 0 Å². The van der Waals surface area contributed by atoms with Gasteiger partial charge in [0, 0.05) is 28.2 Å². The van der Waals surface area contributed by atoms with Crippen LogP contribution in [0.25, 0.3) is 0 Å². The predicted octanol–water partition coefficient (Wildman–Crippen LogP) is 3.36. The zero-order valence-electron chi connectivity index (χ0n) is 10.5. The molecule has 0 saturated carbocycles. The van der Waals surface area contributed by atoms with Gasteiger partial charge < -0.3 is 10.5 Å². The molecule has 2 rings (SSSR count).